The van der Waals surface area contributed by atoms with E-state index in [1.165, 1.54) is 22.7 Å². The van der Waals surface area contributed by atoms with Crippen molar-refractivity contribution in [3.05, 3.63) is 93.1 Å². The van der Waals surface area contributed by atoms with Crippen molar-refractivity contribution in [3.63, 3.8) is 0 Å². The first-order valence-electron chi connectivity index (χ1n) is 16.0. The number of ether oxygens (including phenoxy) is 2. The van der Waals surface area contributed by atoms with Crippen LogP contribution in [-0.4, -0.2) is 36.3 Å². The summed E-state index contributed by atoms with van der Waals surface area (Å²) in [7, 11) is 0. The molecule has 0 N–H and O–H groups in total. The highest BCUT2D eigenvalue weighted by Crippen LogP contribution is 2.42. The Kier molecular flexibility index (Phi) is 11.6. The number of carbonyl (C=O) groups excluding carboxylic acids is 4. The Hall–Kier alpha value is -3.85. The molecule has 0 aliphatic rings. The van der Waals surface area contributed by atoms with Crippen molar-refractivity contribution in [3.8, 4) is 11.5 Å². The molecule has 0 spiro atoms. The van der Waals surface area contributed by atoms with Crippen LogP contribution in [0.25, 0.3) is 20.2 Å². The maximum Gasteiger partial charge on any atom is 0.206 e. The highest BCUT2D eigenvalue weighted by atomic mass is 35.5. The van der Waals surface area contributed by atoms with E-state index in [-0.39, 0.29) is 36.3 Å². The molecular formula is C40H43ClO6S2. The van der Waals surface area contributed by atoms with Crippen molar-refractivity contribution in [2.75, 3.05) is 13.2 Å². The van der Waals surface area contributed by atoms with Gasteiger partial charge in [-0.1, -0.05) is 98.2 Å². The average Bonchev–Trinajstić information content (AvgIpc) is 3.59. The molecule has 0 aliphatic heterocycles. The van der Waals surface area contributed by atoms with Crippen LogP contribution in [-0.2, 0) is 9.59 Å². The molecule has 0 fully saturated rings. The number of carbonyl (C=O) groups is 4. The number of hydrogen-bond donors (Lipinski definition) is 0. The van der Waals surface area contributed by atoms with Crippen molar-refractivity contribution < 1.29 is 28.7 Å². The Morgan fingerprint density at radius 1 is 0.571 bits per heavy atom. The first kappa shape index (κ1) is 38.0. The molecule has 3 aromatic carbocycles. The first-order valence-corrected chi connectivity index (χ1v) is 18.0. The molecule has 2 aromatic heterocycles. The lowest BCUT2D eigenvalue weighted by molar-refractivity contribution is -0.128. The van der Waals surface area contributed by atoms with E-state index in [1.807, 2.05) is 111 Å². The summed E-state index contributed by atoms with van der Waals surface area (Å²) >= 11 is 8.72. The number of rotatable bonds is 9. The summed E-state index contributed by atoms with van der Waals surface area (Å²) in [5.41, 5.74) is -0.910. The summed E-state index contributed by atoms with van der Waals surface area (Å²) in [5.74, 6) is 0.920. The van der Waals surface area contributed by atoms with E-state index < -0.39 is 16.2 Å². The number of thiophene rings is 2. The van der Waals surface area contributed by atoms with E-state index in [1.54, 1.807) is 24.3 Å². The van der Waals surface area contributed by atoms with Crippen LogP contribution >= 0.6 is 34.3 Å². The summed E-state index contributed by atoms with van der Waals surface area (Å²) in [6.07, 6.45) is 0. The van der Waals surface area contributed by atoms with Gasteiger partial charge in [-0.05, 0) is 48.5 Å². The molecule has 0 bridgehead atoms. The first-order chi connectivity index (χ1) is 22.8. The summed E-state index contributed by atoms with van der Waals surface area (Å²) in [6.45, 7) is 16.7. The minimum atomic E-state index is -0.494. The molecule has 0 aliphatic carbocycles. The molecule has 0 saturated heterocycles. The average molecular weight is 719 g/mol. The van der Waals surface area contributed by atoms with E-state index >= 15 is 0 Å². The zero-order valence-electron chi connectivity index (χ0n) is 29.5. The van der Waals surface area contributed by atoms with Crippen molar-refractivity contribution in [1.29, 1.82) is 0 Å². The van der Waals surface area contributed by atoms with Gasteiger partial charge in [-0.3, -0.25) is 19.2 Å². The number of hydrogen-bond acceptors (Lipinski definition) is 8. The quantitative estimate of drug-likeness (QED) is 0.141. The van der Waals surface area contributed by atoms with Gasteiger partial charge in [0.05, 0.1) is 0 Å². The van der Waals surface area contributed by atoms with Gasteiger partial charge in [0.25, 0.3) is 0 Å². The van der Waals surface area contributed by atoms with Crippen LogP contribution < -0.4 is 9.47 Å². The smallest absolute Gasteiger partial charge is 0.206 e. The van der Waals surface area contributed by atoms with Crippen molar-refractivity contribution in [2.24, 2.45) is 16.2 Å². The molecular weight excluding hydrogens is 676 g/mol. The summed E-state index contributed by atoms with van der Waals surface area (Å²) in [5, 5.41) is 2.31. The van der Waals surface area contributed by atoms with Gasteiger partial charge in [0.1, 0.15) is 34.5 Å². The van der Waals surface area contributed by atoms with Crippen LogP contribution in [0.4, 0.5) is 0 Å². The molecule has 0 amide bonds. The second-order valence-electron chi connectivity index (χ2n) is 14.9. The fourth-order valence-corrected chi connectivity index (χ4v) is 6.94. The maximum absolute atomic E-state index is 13.0. The van der Waals surface area contributed by atoms with Crippen LogP contribution in [0.2, 0.25) is 5.02 Å². The molecule has 5 aromatic rings. The second kappa shape index (κ2) is 15.0. The van der Waals surface area contributed by atoms with Crippen LogP contribution in [0.1, 0.15) is 87.2 Å². The molecule has 9 heteroatoms. The maximum atomic E-state index is 13.0. The van der Waals surface area contributed by atoms with Crippen LogP contribution in [0, 0.1) is 16.2 Å². The van der Waals surface area contributed by atoms with E-state index in [0.29, 0.717) is 31.8 Å². The van der Waals surface area contributed by atoms with Crippen LogP contribution in [0.15, 0.2) is 72.8 Å². The van der Waals surface area contributed by atoms with E-state index in [9.17, 15) is 19.2 Å². The number of Topliss-reactive ketones (excluding diaryl/α,β-unsaturated/α-hetero) is 3. The molecule has 0 unspecified atom stereocenters. The predicted molar refractivity (Wildman–Crippen MR) is 202 cm³/mol. The Morgan fingerprint density at radius 2 is 0.980 bits per heavy atom. The largest absolute Gasteiger partial charge is 0.484 e. The van der Waals surface area contributed by atoms with Gasteiger partial charge < -0.3 is 9.47 Å². The number of fused-ring (bicyclic) bond motifs is 2. The molecule has 49 heavy (non-hydrogen) atoms. The van der Waals surface area contributed by atoms with Crippen molar-refractivity contribution in [1.82, 2.24) is 0 Å². The van der Waals surface area contributed by atoms with Gasteiger partial charge in [0.15, 0.2) is 17.3 Å². The fourth-order valence-electron chi connectivity index (χ4n) is 4.41. The number of halogens is 1. The van der Waals surface area contributed by atoms with Gasteiger partial charge in [0.2, 0.25) is 5.78 Å². The molecule has 2 heterocycles. The van der Waals surface area contributed by atoms with Gasteiger partial charge >= 0.3 is 0 Å². The van der Waals surface area contributed by atoms with Crippen LogP contribution in [0.5, 0.6) is 11.5 Å². The summed E-state index contributed by atoms with van der Waals surface area (Å²) in [6, 6.07) is 22.2. The molecule has 0 radical (unpaired) electrons. The Labute approximate surface area is 301 Å². The zero-order valence-corrected chi connectivity index (χ0v) is 31.9. The van der Waals surface area contributed by atoms with Gasteiger partial charge in [-0.25, -0.2) is 0 Å². The summed E-state index contributed by atoms with van der Waals surface area (Å²) < 4.78 is 13.6. The van der Waals surface area contributed by atoms with Gasteiger partial charge in [-0.2, -0.15) is 0 Å². The lowest BCUT2D eigenvalue weighted by atomic mass is 9.89. The minimum absolute atomic E-state index is 0.0157. The van der Waals surface area contributed by atoms with E-state index in [0.717, 1.165) is 20.2 Å². The van der Waals surface area contributed by atoms with Crippen molar-refractivity contribution in [2.45, 2.75) is 62.3 Å². The monoisotopic (exact) mass is 718 g/mol. The zero-order chi connectivity index (χ0) is 36.3. The normalized spacial score (nSPS) is 12.0. The molecule has 5 rings (SSSR count). The highest BCUT2D eigenvalue weighted by Gasteiger charge is 2.30. The highest BCUT2D eigenvalue weighted by molar-refractivity contribution is 7.21. The number of ketones is 4. The van der Waals surface area contributed by atoms with Crippen LogP contribution in [0.3, 0.4) is 0 Å². The lowest BCUT2D eigenvalue weighted by Crippen LogP contribution is -2.27. The van der Waals surface area contributed by atoms with E-state index in [2.05, 4.69) is 0 Å². The Balaban J connectivity index is 0.000000223. The third-order valence-electron chi connectivity index (χ3n) is 7.67. The number of benzene rings is 3. The van der Waals surface area contributed by atoms with E-state index in [4.69, 9.17) is 21.1 Å². The second-order valence-corrected chi connectivity index (χ2v) is 17.4. The Morgan fingerprint density at radius 3 is 1.41 bits per heavy atom. The molecule has 0 saturated carbocycles. The SMILES string of the molecule is CC(C)(C)C(=O)COc1c(C(=O)C(C)(C)C)sc2ccccc12.CC(C)(C)C(=O)COc1c(C(=O)c2ccc(Cl)cc2)sc2ccccc12. The topological polar surface area (TPSA) is 86.7 Å². The van der Waals surface area contributed by atoms with Crippen molar-refractivity contribution >= 4 is 77.6 Å². The third-order valence-corrected chi connectivity index (χ3v) is 10.2. The lowest BCUT2D eigenvalue weighted by Gasteiger charge is -2.19. The minimum Gasteiger partial charge on any atom is -0.484 e. The third kappa shape index (κ3) is 9.24. The Bertz CT molecular complexity index is 2000. The molecule has 0 atom stereocenters. The van der Waals surface area contributed by atoms with Gasteiger partial charge in [-0.15, -0.1) is 22.7 Å². The summed E-state index contributed by atoms with van der Waals surface area (Å²) in [4.78, 5) is 51.3. The van der Waals surface area contributed by atoms with Gasteiger partial charge in [0, 0.05) is 47.0 Å². The molecule has 6 nitrogen and oxygen atoms in total. The standard InChI is InChI=1S/C21H19ClO3S.C19H24O3S/c1-21(2,3)17(23)12-25-19-15-6-4-5-7-16(15)26-20(19)18(24)13-8-10-14(22)11-9-13;1-18(2,3)14(20)11-22-15-12-9-7-8-10-13(12)23-16(15)17(21)19(4,5)6/h4-11H,12H2,1-3H3;7-10H,11H2,1-6H3. The fraction of sp³-hybridized carbons (Fsp3) is 0.350. The predicted octanol–water partition coefficient (Wildman–Crippen LogP) is 10.9. The molecule has 258 valence electrons.